The Morgan fingerprint density at radius 2 is 2.05 bits per heavy atom. The minimum Gasteiger partial charge on any atom is -0.493 e. The number of fused-ring (bicyclic) bond motifs is 3. The third-order valence-corrected chi connectivity index (χ3v) is 4.00. The molecule has 100 valence electrons. The van der Waals surface area contributed by atoms with Crippen molar-refractivity contribution in [1.29, 1.82) is 0 Å². The molecule has 1 aliphatic heterocycles. The van der Waals surface area contributed by atoms with Crippen molar-refractivity contribution in [3.8, 4) is 11.5 Å². The summed E-state index contributed by atoms with van der Waals surface area (Å²) in [5.41, 5.74) is 0.916. The molecular weight excluding hydrogens is 244 g/mol. The molecule has 3 rings (SSSR count). The van der Waals surface area contributed by atoms with Crippen LogP contribution in [0.2, 0.25) is 0 Å². The van der Waals surface area contributed by atoms with E-state index in [0.29, 0.717) is 17.1 Å². The monoisotopic (exact) mass is 260 g/mol. The second-order valence-corrected chi connectivity index (χ2v) is 5.44. The molecule has 1 aromatic heterocycles. The molecule has 19 heavy (non-hydrogen) atoms. The average molecular weight is 260 g/mol. The lowest BCUT2D eigenvalue weighted by Crippen LogP contribution is -2.29. The van der Waals surface area contributed by atoms with Gasteiger partial charge in [0, 0.05) is 16.9 Å². The molecule has 0 saturated heterocycles. The highest BCUT2D eigenvalue weighted by Gasteiger charge is 2.43. The topological polar surface area (TPSA) is 48.7 Å². The van der Waals surface area contributed by atoms with E-state index >= 15 is 0 Å². The van der Waals surface area contributed by atoms with E-state index in [0.717, 1.165) is 10.9 Å². The maximum atomic E-state index is 11.5. The fourth-order valence-corrected chi connectivity index (χ4v) is 2.55. The Morgan fingerprint density at radius 1 is 1.32 bits per heavy atom. The third kappa shape index (κ3) is 1.56. The Morgan fingerprint density at radius 3 is 2.74 bits per heavy atom. The molecule has 2 aromatic rings. The second kappa shape index (κ2) is 3.76. The highest BCUT2D eigenvalue weighted by molar-refractivity contribution is 5.87. The van der Waals surface area contributed by atoms with Gasteiger partial charge in [-0.25, -0.2) is 4.79 Å². The average Bonchev–Trinajstić information content (AvgIpc) is 2.60. The van der Waals surface area contributed by atoms with Gasteiger partial charge in [-0.1, -0.05) is 13.8 Å². The highest BCUT2D eigenvalue weighted by atomic mass is 16.5. The number of hydrogen-bond donors (Lipinski definition) is 0. The fraction of sp³-hybridized carbons (Fsp3) is 0.400. The van der Waals surface area contributed by atoms with Gasteiger partial charge >= 0.3 is 5.63 Å². The van der Waals surface area contributed by atoms with Crippen LogP contribution in [-0.2, 0) is 5.41 Å². The second-order valence-electron chi connectivity index (χ2n) is 5.44. The van der Waals surface area contributed by atoms with Gasteiger partial charge in [-0.05, 0) is 19.1 Å². The summed E-state index contributed by atoms with van der Waals surface area (Å²) in [6.45, 7) is 6.16. The zero-order chi connectivity index (χ0) is 13.8. The summed E-state index contributed by atoms with van der Waals surface area (Å²) in [5.74, 6) is 1.36. The molecule has 1 unspecified atom stereocenters. The Labute approximate surface area is 110 Å². The largest absolute Gasteiger partial charge is 0.493 e. The van der Waals surface area contributed by atoms with Gasteiger partial charge in [-0.2, -0.15) is 0 Å². The molecule has 0 radical (unpaired) electrons. The van der Waals surface area contributed by atoms with E-state index < -0.39 is 0 Å². The molecule has 1 atom stereocenters. The number of ether oxygens (including phenoxy) is 2. The van der Waals surface area contributed by atoms with E-state index in [1.165, 1.54) is 6.07 Å². The Bertz CT molecular complexity index is 712. The molecule has 0 bridgehead atoms. The van der Waals surface area contributed by atoms with Gasteiger partial charge in [0.2, 0.25) is 0 Å². The summed E-state index contributed by atoms with van der Waals surface area (Å²) in [6, 6.07) is 5.01. The first-order chi connectivity index (χ1) is 8.95. The molecule has 4 heteroatoms. The van der Waals surface area contributed by atoms with Crippen molar-refractivity contribution in [3.63, 3.8) is 0 Å². The lowest BCUT2D eigenvalue weighted by atomic mass is 9.81. The normalized spacial score (nSPS) is 20.1. The number of hydrogen-bond acceptors (Lipinski definition) is 4. The van der Waals surface area contributed by atoms with E-state index in [4.69, 9.17) is 13.9 Å². The molecule has 1 aliphatic rings. The number of rotatable bonds is 1. The Hall–Kier alpha value is -1.97. The standard InChI is InChI=1S/C15H16O4/c1-8-15(2,3)12-13-9(5-6-11(16)19-13)7-10(17-4)14(12)18-8/h5-8H,1-4H3. The molecule has 2 heterocycles. The summed E-state index contributed by atoms with van der Waals surface area (Å²) in [4.78, 5) is 11.5. The molecular formula is C15H16O4. The summed E-state index contributed by atoms with van der Waals surface area (Å²) < 4.78 is 16.7. The minimum absolute atomic E-state index is 0.00694. The lowest BCUT2D eigenvalue weighted by Gasteiger charge is -2.22. The van der Waals surface area contributed by atoms with Crippen molar-refractivity contribution in [1.82, 2.24) is 0 Å². The van der Waals surface area contributed by atoms with Crippen LogP contribution >= 0.6 is 0 Å². The molecule has 0 N–H and O–H groups in total. The number of benzene rings is 1. The van der Waals surface area contributed by atoms with Crippen molar-refractivity contribution in [2.75, 3.05) is 7.11 Å². The molecule has 0 amide bonds. The first kappa shape index (κ1) is 12.1. The maximum Gasteiger partial charge on any atom is 0.336 e. The predicted octanol–water partition coefficient (Wildman–Crippen LogP) is 2.86. The van der Waals surface area contributed by atoms with Gasteiger partial charge in [0.15, 0.2) is 11.5 Å². The molecule has 0 fully saturated rings. The van der Waals surface area contributed by atoms with Gasteiger partial charge in [0.1, 0.15) is 11.7 Å². The first-order valence-corrected chi connectivity index (χ1v) is 6.27. The van der Waals surface area contributed by atoms with Crippen molar-refractivity contribution < 1.29 is 13.9 Å². The maximum absolute atomic E-state index is 11.5. The summed E-state index contributed by atoms with van der Waals surface area (Å²) in [5, 5.41) is 0.848. The molecule has 1 aromatic carbocycles. The van der Waals surface area contributed by atoms with Crippen molar-refractivity contribution >= 4 is 11.0 Å². The van der Waals surface area contributed by atoms with E-state index in [9.17, 15) is 4.79 Å². The van der Waals surface area contributed by atoms with E-state index in [-0.39, 0.29) is 17.1 Å². The van der Waals surface area contributed by atoms with E-state index in [1.54, 1.807) is 13.2 Å². The van der Waals surface area contributed by atoms with Gasteiger partial charge in [-0.15, -0.1) is 0 Å². The smallest absolute Gasteiger partial charge is 0.336 e. The lowest BCUT2D eigenvalue weighted by molar-refractivity contribution is 0.181. The SMILES string of the molecule is COc1cc2ccc(=O)oc2c2c1OC(C)C2(C)C. The van der Waals surface area contributed by atoms with Gasteiger partial charge in [0.05, 0.1) is 12.7 Å². The van der Waals surface area contributed by atoms with Gasteiger partial charge in [0.25, 0.3) is 0 Å². The Kier molecular flexibility index (Phi) is 2.39. The van der Waals surface area contributed by atoms with Crippen LogP contribution in [0.15, 0.2) is 27.4 Å². The van der Waals surface area contributed by atoms with Crippen molar-refractivity contribution in [2.45, 2.75) is 32.3 Å². The third-order valence-electron chi connectivity index (χ3n) is 4.00. The predicted molar refractivity (Wildman–Crippen MR) is 72.2 cm³/mol. The van der Waals surface area contributed by atoms with Crippen LogP contribution in [0.25, 0.3) is 11.0 Å². The van der Waals surface area contributed by atoms with E-state index in [1.807, 2.05) is 13.0 Å². The molecule has 0 aliphatic carbocycles. The minimum atomic E-state index is -0.352. The number of methoxy groups -OCH3 is 1. The fourth-order valence-electron chi connectivity index (χ4n) is 2.55. The quantitative estimate of drug-likeness (QED) is 0.740. The summed E-state index contributed by atoms with van der Waals surface area (Å²) in [6.07, 6.45) is -0.00694. The van der Waals surface area contributed by atoms with Crippen LogP contribution in [0.5, 0.6) is 11.5 Å². The van der Waals surface area contributed by atoms with Crippen molar-refractivity contribution in [2.24, 2.45) is 0 Å². The van der Waals surface area contributed by atoms with Crippen LogP contribution in [0.4, 0.5) is 0 Å². The molecule has 0 saturated carbocycles. The summed E-state index contributed by atoms with van der Waals surface area (Å²) in [7, 11) is 1.61. The Balaban J connectivity index is 2.47. The van der Waals surface area contributed by atoms with E-state index in [2.05, 4.69) is 13.8 Å². The first-order valence-electron chi connectivity index (χ1n) is 6.27. The van der Waals surface area contributed by atoms with Gasteiger partial charge < -0.3 is 13.9 Å². The van der Waals surface area contributed by atoms with Crippen molar-refractivity contribution in [3.05, 3.63) is 34.2 Å². The van der Waals surface area contributed by atoms with Gasteiger partial charge in [-0.3, -0.25) is 0 Å². The van der Waals surface area contributed by atoms with Crippen LogP contribution in [0.1, 0.15) is 26.3 Å². The van der Waals surface area contributed by atoms with Crippen LogP contribution < -0.4 is 15.1 Å². The van der Waals surface area contributed by atoms with Crippen LogP contribution in [-0.4, -0.2) is 13.2 Å². The summed E-state index contributed by atoms with van der Waals surface area (Å²) >= 11 is 0. The molecule has 0 spiro atoms. The zero-order valence-corrected chi connectivity index (χ0v) is 11.4. The van der Waals surface area contributed by atoms with Crippen LogP contribution in [0, 0.1) is 0 Å². The zero-order valence-electron chi connectivity index (χ0n) is 11.4. The molecule has 4 nitrogen and oxygen atoms in total. The van der Waals surface area contributed by atoms with Crippen LogP contribution in [0.3, 0.4) is 0 Å². The highest BCUT2D eigenvalue weighted by Crippen LogP contribution is 2.50.